The molecule has 0 radical (unpaired) electrons. The Bertz CT molecular complexity index is 817. The number of carbonyl (C=O) groups is 2. The summed E-state index contributed by atoms with van der Waals surface area (Å²) in [7, 11) is 3.96. The number of carbonyl (C=O) groups excluding carboxylic acids is 2. The number of hydrogen-bond acceptors (Lipinski definition) is 4. The fourth-order valence-corrected chi connectivity index (χ4v) is 3.55. The van der Waals surface area contributed by atoms with Gasteiger partial charge in [0.2, 0.25) is 5.91 Å². The van der Waals surface area contributed by atoms with Crippen LogP contribution in [0.1, 0.15) is 28.8 Å². The molecule has 1 heterocycles. The van der Waals surface area contributed by atoms with Gasteiger partial charge in [0.05, 0.1) is 6.42 Å². The van der Waals surface area contributed by atoms with E-state index in [1.807, 2.05) is 24.1 Å². The van der Waals surface area contributed by atoms with Gasteiger partial charge in [-0.15, -0.1) is 0 Å². The fourth-order valence-electron chi connectivity index (χ4n) is 3.55. The van der Waals surface area contributed by atoms with E-state index in [-0.39, 0.29) is 24.3 Å². The predicted octanol–water partition coefficient (Wildman–Crippen LogP) is 2.62. The minimum Gasteiger partial charge on any atom is -0.399 e. The lowest BCUT2D eigenvalue weighted by molar-refractivity contribution is -0.115. The lowest BCUT2D eigenvalue weighted by Crippen LogP contribution is -2.47. The summed E-state index contributed by atoms with van der Waals surface area (Å²) < 4.78 is 0. The van der Waals surface area contributed by atoms with E-state index < -0.39 is 0 Å². The summed E-state index contributed by atoms with van der Waals surface area (Å²) in [5.74, 6) is -0.0914. The van der Waals surface area contributed by atoms with Crippen LogP contribution in [0.5, 0.6) is 0 Å². The van der Waals surface area contributed by atoms with Gasteiger partial charge in [0.25, 0.3) is 5.91 Å². The molecule has 3 N–H and O–H groups in total. The Morgan fingerprint density at radius 3 is 2.46 bits per heavy atom. The largest absolute Gasteiger partial charge is 0.399 e. The van der Waals surface area contributed by atoms with E-state index in [1.165, 1.54) is 0 Å². The highest BCUT2D eigenvalue weighted by Crippen LogP contribution is 2.17. The number of anilines is 2. The molecular weight excluding hydrogens is 352 g/mol. The first-order valence-corrected chi connectivity index (χ1v) is 9.62. The SMILES string of the molecule is CN1CCCC(N(C)C(=O)c2ccc(NC(=O)Cc3ccc(N)cc3)cc2)C1. The molecule has 3 rings (SSSR count). The molecule has 1 fully saturated rings. The monoisotopic (exact) mass is 380 g/mol. The van der Waals surface area contributed by atoms with Crippen molar-refractivity contribution >= 4 is 23.2 Å². The molecule has 0 aromatic heterocycles. The first-order valence-electron chi connectivity index (χ1n) is 9.62. The lowest BCUT2D eigenvalue weighted by Gasteiger charge is -2.35. The Morgan fingerprint density at radius 2 is 1.82 bits per heavy atom. The van der Waals surface area contributed by atoms with E-state index in [0.29, 0.717) is 16.9 Å². The van der Waals surface area contributed by atoms with Crippen LogP contribution in [0, 0.1) is 0 Å². The summed E-state index contributed by atoms with van der Waals surface area (Å²) in [4.78, 5) is 29.1. The first kappa shape index (κ1) is 19.9. The average Bonchev–Trinajstić information content (AvgIpc) is 2.69. The van der Waals surface area contributed by atoms with E-state index in [1.54, 1.807) is 36.4 Å². The van der Waals surface area contributed by atoms with Crippen LogP contribution < -0.4 is 11.1 Å². The topological polar surface area (TPSA) is 78.7 Å². The molecule has 2 aromatic carbocycles. The van der Waals surface area contributed by atoms with Crippen LogP contribution in [0.25, 0.3) is 0 Å². The molecule has 148 valence electrons. The van der Waals surface area contributed by atoms with Crippen LogP contribution in [-0.4, -0.2) is 54.8 Å². The van der Waals surface area contributed by atoms with Gasteiger partial charge in [-0.1, -0.05) is 12.1 Å². The normalized spacial score (nSPS) is 17.1. The maximum Gasteiger partial charge on any atom is 0.253 e. The minimum absolute atomic E-state index is 0.0139. The summed E-state index contributed by atoms with van der Waals surface area (Å²) in [5.41, 5.74) is 8.55. The highest BCUT2D eigenvalue weighted by atomic mass is 16.2. The number of benzene rings is 2. The number of hydrogen-bond donors (Lipinski definition) is 2. The summed E-state index contributed by atoms with van der Waals surface area (Å²) in [5, 5.41) is 2.87. The van der Waals surface area contributed by atoms with Gasteiger partial charge >= 0.3 is 0 Å². The number of nitrogen functional groups attached to an aromatic ring is 1. The maximum absolute atomic E-state index is 12.8. The zero-order valence-corrected chi connectivity index (χ0v) is 16.5. The van der Waals surface area contributed by atoms with Crippen molar-refractivity contribution in [1.82, 2.24) is 9.80 Å². The number of nitrogens with one attached hydrogen (secondary N) is 1. The molecule has 0 saturated carbocycles. The molecular formula is C22H28N4O2. The van der Waals surface area contributed by atoms with Gasteiger partial charge in [0, 0.05) is 36.6 Å². The summed E-state index contributed by atoms with van der Waals surface area (Å²) in [6.07, 6.45) is 2.42. The van der Waals surface area contributed by atoms with Crippen molar-refractivity contribution in [2.24, 2.45) is 0 Å². The number of amides is 2. The predicted molar refractivity (Wildman–Crippen MR) is 112 cm³/mol. The molecule has 2 amide bonds. The Balaban J connectivity index is 1.57. The van der Waals surface area contributed by atoms with Gasteiger partial charge in [-0.25, -0.2) is 0 Å². The van der Waals surface area contributed by atoms with Gasteiger partial charge in [0.1, 0.15) is 0 Å². The lowest BCUT2D eigenvalue weighted by atomic mass is 10.0. The van der Waals surface area contributed by atoms with Crippen LogP contribution in [0.2, 0.25) is 0 Å². The number of likely N-dealkylation sites (tertiary alicyclic amines) is 1. The van der Waals surface area contributed by atoms with Crippen molar-refractivity contribution in [2.45, 2.75) is 25.3 Å². The maximum atomic E-state index is 12.8. The standard InChI is InChI=1S/C22H28N4O2/c1-25-13-3-4-20(15-25)26(2)22(28)17-7-11-19(12-8-17)24-21(27)14-16-5-9-18(23)10-6-16/h5-12,20H,3-4,13-15,23H2,1-2H3,(H,24,27). The fraction of sp³-hybridized carbons (Fsp3) is 0.364. The number of piperidine rings is 1. The third-order valence-corrected chi connectivity index (χ3v) is 5.23. The van der Waals surface area contributed by atoms with Crippen LogP contribution in [0.4, 0.5) is 11.4 Å². The van der Waals surface area contributed by atoms with Crippen molar-refractivity contribution in [3.63, 3.8) is 0 Å². The van der Waals surface area contributed by atoms with Crippen LogP contribution in [0.3, 0.4) is 0 Å². The summed E-state index contributed by atoms with van der Waals surface area (Å²) in [6.45, 7) is 1.99. The highest BCUT2D eigenvalue weighted by molar-refractivity contribution is 5.96. The van der Waals surface area contributed by atoms with Gasteiger partial charge in [-0.05, 0) is 68.4 Å². The van der Waals surface area contributed by atoms with Crippen LogP contribution >= 0.6 is 0 Å². The van der Waals surface area contributed by atoms with Crippen molar-refractivity contribution < 1.29 is 9.59 Å². The molecule has 6 nitrogen and oxygen atoms in total. The van der Waals surface area contributed by atoms with E-state index in [4.69, 9.17) is 5.73 Å². The van der Waals surface area contributed by atoms with E-state index in [0.717, 1.165) is 31.5 Å². The zero-order chi connectivity index (χ0) is 20.1. The van der Waals surface area contributed by atoms with E-state index >= 15 is 0 Å². The van der Waals surface area contributed by atoms with Gasteiger partial charge in [0.15, 0.2) is 0 Å². The third-order valence-electron chi connectivity index (χ3n) is 5.23. The van der Waals surface area contributed by atoms with Gasteiger partial charge in [-0.3, -0.25) is 9.59 Å². The Morgan fingerprint density at radius 1 is 1.14 bits per heavy atom. The molecule has 6 heteroatoms. The van der Waals surface area contributed by atoms with E-state index in [9.17, 15) is 9.59 Å². The second kappa shape index (κ2) is 8.89. The van der Waals surface area contributed by atoms with Crippen LogP contribution in [0.15, 0.2) is 48.5 Å². The smallest absolute Gasteiger partial charge is 0.253 e. The number of rotatable bonds is 5. The second-order valence-electron chi connectivity index (χ2n) is 7.52. The Kier molecular flexibility index (Phi) is 6.31. The molecule has 0 bridgehead atoms. The average molecular weight is 380 g/mol. The molecule has 1 atom stereocenters. The number of nitrogens with zero attached hydrogens (tertiary/aromatic N) is 2. The van der Waals surface area contributed by atoms with Crippen molar-refractivity contribution in [3.05, 3.63) is 59.7 Å². The quantitative estimate of drug-likeness (QED) is 0.782. The van der Waals surface area contributed by atoms with Crippen molar-refractivity contribution in [3.8, 4) is 0 Å². The molecule has 1 aliphatic rings. The Hall–Kier alpha value is -2.86. The first-order chi connectivity index (χ1) is 13.4. The van der Waals surface area contributed by atoms with Gasteiger partial charge in [-0.2, -0.15) is 0 Å². The highest BCUT2D eigenvalue weighted by Gasteiger charge is 2.25. The third kappa shape index (κ3) is 5.10. The zero-order valence-electron chi connectivity index (χ0n) is 16.5. The molecule has 2 aromatic rings. The van der Waals surface area contributed by atoms with E-state index in [2.05, 4.69) is 17.3 Å². The van der Waals surface area contributed by atoms with Crippen LogP contribution in [-0.2, 0) is 11.2 Å². The summed E-state index contributed by atoms with van der Waals surface area (Å²) >= 11 is 0. The summed E-state index contributed by atoms with van der Waals surface area (Å²) in [6, 6.07) is 14.6. The van der Waals surface area contributed by atoms with Crippen molar-refractivity contribution in [2.75, 3.05) is 38.2 Å². The number of nitrogens with two attached hydrogens (primary N) is 1. The van der Waals surface area contributed by atoms with Crippen molar-refractivity contribution in [1.29, 1.82) is 0 Å². The molecule has 1 unspecified atom stereocenters. The molecule has 1 saturated heterocycles. The molecule has 1 aliphatic heterocycles. The van der Waals surface area contributed by atoms with Gasteiger partial charge < -0.3 is 20.9 Å². The second-order valence-corrected chi connectivity index (χ2v) is 7.52. The molecule has 0 spiro atoms. The Labute approximate surface area is 166 Å². The number of likely N-dealkylation sites (N-methyl/N-ethyl adjacent to an activating group) is 2. The minimum atomic E-state index is -0.105. The molecule has 0 aliphatic carbocycles. The molecule has 28 heavy (non-hydrogen) atoms.